The molecule has 0 aliphatic heterocycles. The van der Waals surface area contributed by atoms with Gasteiger partial charge in [0.2, 0.25) is 5.75 Å². The maximum atomic E-state index is 11.4. The van der Waals surface area contributed by atoms with Gasteiger partial charge in [-0.1, -0.05) is 20.8 Å². The van der Waals surface area contributed by atoms with E-state index in [0.29, 0.717) is 11.3 Å². The minimum absolute atomic E-state index is 0.0630. The van der Waals surface area contributed by atoms with E-state index in [2.05, 4.69) is 25.7 Å². The number of aromatic nitrogens is 3. The Morgan fingerprint density at radius 2 is 2.12 bits per heavy atom. The zero-order valence-corrected chi connectivity index (χ0v) is 14.6. The number of hydrogen-bond acceptors (Lipinski definition) is 9. The number of aromatic hydroxyl groups is 1. The molecule has 0 aliphatic rings. The monoisotopic (exact) mass is 362 g/mol. The molecular weight excluding hydrogens is 344 g/mol. The van der Waals surface area contributed by atoms with E-state index in [0.717, 1.165) is 6.07 Å². The second-order valence-corrected chi connectivity index (χ2v) is 6.31. The van der Waals surface area contributed by atoms with E-state index in [-0.39, 0.29) is 11.6 Å². The number of nitrogens with one attached hydrogen (secondary N) is 2. The van der Waals surface area contributed by atoms with Crippen LogP contribution in [0.15, 0.2) is 22.0 Å². The molecule has 11 heteroatoms. The number of phenolic OH excluding ortho intramolecular Hbond substituents is 1. The fraction of sp³-hybridized carbons (Fsp3) is 0.333. The molecule has 11 nitrogen and oxygen atoms in total. The van der Waals surface area contributed by atoms with Gasteiger partial charge in [-0.05, 0) is 6.07 Å². The Balaban J connectivity index is 2.35. The number of benzene rings is 1. The number of hydrazone groups is 1. The summed E-state index contributed by atoms with van der Waals surface area (Å²) in [5, 5.41) is 30.9. The molecule has 0 amide bonds. The Morgan fingerprint density at radius 1 is 1.42 bits per heavy atom. The van der Waals surface area contributed by atoms with E-state index in [9.17, 15) is 20.0 Å². The number of rotatable bonds is 5. The van der Waals surface area contributed by atoms with Crippen molar-refractivity contribution < 1.29 is 14.8 Å². The molecule has 2 aromatic rings. The van der Waals surface area contributed by atoms with Gasteiger partial charge in [-0.3, -0.25) is 15.5 Å². The van der Waals surface area contributed by atoms with Crippen molar-refractivity contribution in [2.75, 3.05) is 12.5 Å². The fourth-order valence-corrected chi connectivity index (χ4v) is 2.09. The smallest absolute Gasteiger partial charge is 0.363 e. The van der Waals surface area contributed by atoms with Crippen molar-refractivity contribution in [1.82, 2.24) is 15.2 Å². The molecule has 0 fully saturated rings. The summed E-state index contributed by atoms with van der Waals surface area (Å²) in [7, 11) is 1.28. The minimum atomic E-state index is -0.734. The molecule has 0 saturated heterocycles. The van der Waals surface area contributed by atoms with E-state index in [1.807, 2.05) is 20.8 Å². The molecule has 3 N–H and O–H groups in total. The van der Waals surface area contributed by atoms with E-state index in [1.165, 1.54) is 19.4 Å². The number of nitrogens with zero attached hydrogens (tertiary/aromatic N) is 4. The highest BCUT2D eigenvalue weighted by atomic mass is 16.6. The summed E-state index contributed by atoms with van der Waals surface area (Å²) in [6, 6.07) is 2.51. The Hall–Kier alpha value is -3.50. The van der Waals surface area contributed by atoms with Crippen molar-refractivity contribution in [3.05, 3.63) is 44.0 Å². The van der Waals surface area contributed by atoms with E-state index in [1.54, 1.807) is 0 Å². The molecule has 0 atom stereocenters. The molecular formula is C15H18N6O5. The summed E-state index contributed by atoms with van der Waals surface area (Å²) in [6.07, 6.45) is 1.27. The summed E-state index contributed by atoms with van der Waals surface area (Å²) < 4.78 is 4.92. The largest absolute Gasteiger partial charge is 0.500 e. The number of anilines is 1. The molecule has 0 bridgehead atoms. The Kier molecular flexibility index (Phi) is 5.19. The first-order valence-corrected chi connectivity index (χ1v) is 7.45. The molecule has 1 aromatic heterocycles. The first-order valence-electron chi connectivity index (χ1n) is 7.45. The number of aromatic amines is 1. The second-order valence-electron chi connectivity index (χ2n) is 6.31. The van der Waals surface area contributed by atoms with Crippen LogP contribution >= 0.6 is 0 Å². The van der Waals surface area contributed by atoms with Crippen molar-refractivity contribution in [1.29, 1.82) is 0 Å². The number of H-pyrrole nitrogens is 1. The van der Waals surface area contributed by atoms with Gasteiger partial charge in [0, 0.05) is 17.0 Å². The number of hydrogen-bond donors (Lipinski definition) is 3. The summed E-state index contributed by atoms with van der Waals surface area (Å²) in [4.78, 5) is 25.5. The lowest BCUT2D eigenvalue weighted by Gasteiger charge is -2.18. The normalized spacial score (nSPS) is 11.5. The highest BCUT2D eigenvalue weighted by molar-refractivity contribution is 5.83. The van der Waals surface area contributed by atoms with Crippen LogP contribution in [0.3, 0.4) is 0 Å². The minimum Gasteiger partial charge on any atom is -0.500 e. The molecule has 0 spiro atoms. The van der Waals surface area contributed by atoms with Crippen LogP contribution < -0.4 is 15.9 Å². The van der Waals surface area contributed by atoms with Crippen molar-refractivity contribution in [3.63, 3.8) is 0 Å². The van der Waals surface area contributed by atoms with Gasteiger partial charge in [0.05, 0.1) is 18.2 Å². The first kappa shape index (κ1) is 18.8. The predicted octanol–water partition coefficient (Wildman–Crippen LogP) is 1.53. The number of ether oxygens (including phenoxy) is 1. The van der Waals surface area contributed by atoms with Crippen LogP contribution in [0.4, 0.5) is 11.5 Å². The predicted molar refractivity (Wildman–Crippen MR) is 93.9 cm³/mol. The maximum absolute atomic E-state index is 11.4. The lowest BCUT2D eigenvalue weighted by molar-refractivity contribution is -0.386. The third kappa shape index (κ3) is 4.12. The SMILES string of the molecule is COc1cc(/C=N/Nc2nc(=O)[nH]nc2C(C)(C)C)cc([N+](=O)[O-])c1O. The molecule has 1 heterocycles. The van der Waals surface area contributed by atoms with Crippen LogP contribution in [-0.4, -0.2) is 38.5 Å². The highest BCUT2D eigenvalue weighted by Crippen LogP contribution is 2.36. The average Bonchev–Trinajstić information content (AvgIpc) is 2.54. The topological polar surface area (TPSA) is 156 Å². The zero-order chi connectivity index (χ0) is 19.5. The summed E-state index contributed by atoms with van der Waals surface area (Å²) in [5.74, 6) is -0.470. The van der Waals surface area contributed by atoms with Crippen LogP contribution in [0, 0.1) is 10.1 Å². The van der Waals surface area contributed by atoms with E-state index >= 15 is 0 Å². The van der Waals surface area contributed by atoms with E-state index in [4.69, 9.17) is 4.74 Å². The third-order valence-corrected chi connectivity index (χ3v) is 3.29. The summed E-state index contributed by atoms with van der Waals surface area (Å²) >= 11 is 0. The molecule has 0 saturated carbocycles. The quantitative estimate of drug-likeness (QED) is 0.411. The highest BCUT2D eigenvalue weighted by Gasteiger charge is 2.22. The standard InChI is InChI=1S/C15H18N6O5/c1-15(2,3)12-13(17-14(23)20-18-12)19-16-7-8-5-9(21(24)25)11(22)10(6-8)26-4/h5-7,22H,1-4H3,(H2,17,19,20,23)/b16-7+. The third-order valence-electron chi connectivity index (χ3n) is 3.29. The molecule has 1 aromatic carbocycles. The number of nitro groups is 1. The Bertz CT molecular complexity index is 916. The van der Waals surface area contributed by atoms with Gasteiger partial charge in [-0.15, -0.1) is 0 Å². The Morgan fingerprint density at radius 3 is 2.69 bits per heavy atom. The second kappa shape index (κ2) is 7.17. The Labute approximate surface area is 147 Å². The van der Waals surface area contributed by atoms with Gasteiger partial charge in [-0.2, -0.15) is 15.2 Å². The summed E-state index contributed by atoms with van der Waals surface area (Å²) in [6.45, 7) is 5.66. The molecule has 0 unspecified atom stereocenters. The summed E-state index contributed by atoms with van der Waals surface area (Å²) in [5.41, 5.74) is 1.84. The molecule has 26 heavy (non-hydrogen) atoms. The van der Waals surface area contributed by atoms with Crippen molar-refractivity contribution in [3.8, 4) is 11.5 Å². The lowest BCUT2D eigenvalue weighted by Crippen LogP contribution is -2.24. The van der Waals surface area contributed by atoms with Crippen LogP contribution in [0.25, 0.3) is 0 Å². The first-order chi connectivity index (χ1) is 12.1. The van der Waals surface area contributed by atoms with Crippen LogP contribution in [0.1, 0.15) is 32.0 Å². The zero-order valence-electron chi connectivity index (χ0n) is 14.6. The van der Waals surface area contributed by atoms with Crippen molar-refractivity contribution in [2.45, 2.75) is 26.2 Å². The molecule has 2 rings (SSSR count). The number of phenols is 1. The van der Waals surface area contributed by atoms with Gasteiger partial charge in [0.25, 0.3) is 0 Å². The maximum Gasteiger partial charge on any atom is 0.363 e. The fourth-order valence-electron chi connectivity index (χ4n) is 2.09. The van der Waals surface area contributed by atoms with Gasteiger partial charge >= 0.3 is 11.4 Å². The van der Waals surface area contributed by atoms with Crippen molar-refractivity contribution in [2.24, 2.45) is 5.10 Å². The van der Waals surface area contributed by atoms with Crippen LogP contribution in [0.2, 0.25) is 0 Å². The van der Waals surface area contributed by atoms with Crippen LogP contribution in [-0.2, 0) is 5.41 Å². The number of nitro benzene ring substituents is 1. The molecule has 0 aliphatic carbocycles. The van der Waals surface area contributed by atoms with Gasteiger partial charge in [-0.25, -0.2) is 9.89 Å². The van der Waals surface area contributed by atoms with Gasteiger partial charge in [0.1, 0.15) is 5.69 Å². The lowest BCUT2D eigenvalue weighted by atomic mass is 9.92. The number of methoxy groups -OCH3 is 1. The average molecular weight is 362 g/mol. The van der Waals surface area contributed by atoms with E-state index < -0.39 is 27.5 Å². The van der Waals surface area contributed by atoms with Gasteiger partial charge in [0.15, 0.2) is 11.6 Å². The molecule has 138 valence electrons. The molecule has 0 radical (unpaired) electrons. The van der Waals surface area contributed by atoms with Crippen molar-refractivity contribution >= 4 is 17.7 Å². The van der Waals surface area contributed by atoms with Gasteiger partial charge < -0.3 is 9.84 Å². The van der Waals surface area contributed by atoms with Crippen LogP contribution in [0.5, 0.6) is 11.5 Å².